The predicted molar refractivity (Wildman–Crippen MR) is 86.9 cm³/mol. The number of benzene rings is 1. The summed E-state index contributed by atoms with van der Waals surface area (Å²) in [6, 6.07) is 8.52. The fraction of sp³-hybridized carbons (Fsp3) is 0.286. The molecular weight excluding hydrogens is 302 g/mol. The lowest BCUT2D eigenvalue weighted by atomic mass is 10.1. The van der Waals surface area contributed by atoms with Crippen molar-refractivity contribution in [3.8, 4) is 0 Å². The van der Waals surface area contributed by atoms with Gasteiger partial charge in [-0.1, -0.05) is 30.0 Å². The molecular formula is C14H15N5O2S. The zero-order chi connectivity index (χ0) is 15.5. The van der Waals surface area contributed by atoms with Crippen LogP contribution in [0.1, 0.15) is 6.42 Å². The van der Waals surface area contributed by atoms with Crippen molar-refractivity contribution >= 4 is 40.1 Å². The summed E-state index contributed by atoms with van der Waals surface area (Å²) in [6.07, 6.45) is 0.188. The second-order valence-electron chi connectivity index (χ2n) is 4.84. The molecule has 3 rings (SSSR count). The monoisotopic (exact) mass is 317 g/mol. The minimum atomic E-state index is -0.652. The van der Waals surface area contributed by atoms with E-state index in [1.54, 1.807) is 0 Å². The molecule has 0 unspecified atom stereocenters. The van der Waals surface area contributed by atoms with E-state index in [-0.39, 0.29) is 18.0 Å². The number of hydrogen-bond acceptors (Lipinski definition) is 6. The lowest BCUT2D eigenvalue weighted by Crippen LogP contribution is -2.40. The van der Waals surface area contributed by atoms with Crippen LogP contribution in [0.3, 0.4) is 0 Å². The molecule has 22 heavy (non-hydrogen) atoms. The number of thioether (sulfide) groups is 1. The number of anilines is 1. The quantitative estimate of drug-likeness (QED) is 0.838. The molecule has 2 amide bonds. The van der Waals surface area contributed by atoms with Crippen LogP contribution in [0, 0.1) is 0 Å². The molecule has 0 fully saturated rings. The lowest BCUT2D eigenvalue weighted by Gasteiger charge is -2.20. The zero-order valence-corrected chi connectivity index (χ0v) is 12.5. The second-order valence-corrected chi connectivity index (χ2v) is 5.92. The maximum Gasteiger partial charge on any atom is 0.273 e. The van der Waals surface area contributed by atoms with Crippen LogP contribution in [0.4, 0.5) is 5.69 Å². The summed E-state index contributed by atoms with van der Waals surface area (Å²) in [4.78, 5) is 28.0. The highest BCUT2D eigenvalue weighted by molar-refractivity contribution is 8.14. The summed E-state index contributed by atoms with van der Waals surface area (Å²) in [5.74, 6) is 0.0168. The Kier molecular flexibility index (Phi) is 4.10. The molecule has 8 heteroatoms. The van der Waals surface area contributed by atoms with Gasteiger partial charge in [0.25, 0.3) is 5.91 Å². The van der Waals surface area contributed by atoms with Crippen LogP contribution in [-0.4, -0.2) is 41.0 Å². The number of aliphatic imine (C=N–C) groups is 1. The van der Waals surface area contributed by atoms with Gasteiger partial charge in [0, 0.05) is 12.2 Å². The first kappa shape index (κ1) is 14.6. The summed E-state index contributed by atoms with van der Waals surface area (Å²) in [5, 5.41) is 9.09. The average Bonchev–Trinajstić information content (AvgIpc) is 3.17. The van der Waals surface area contributed by atoms with Gasteiger partial charge in [0.1, 0.15) is 11.8 Å². The summed E-state index contributed by atoms with van der Waals surface area (Å²) < 4.78 is 0. The number of hydrogen-bond donors (Lipinski definition) is 2. The molecule has 7 nitrogen and oxygen atoms in total. The van der Waals surface area contributed by atoms with E-state index in [4.69, 9.17) is 5.73 Å². The SMILES string of the molecule is NC(=O)[C@H]1CC(C(=O)NC2=NCCS2)=NN1c1ccccc1. The molecule has 3 N–H and O–H groups in total. The summed E-state index contributed by atoms with van der Waals surface area (Å²) >= 11 is 1.49. The molecule has 0 bridgehead atoms. The van der Waals surface area contributed by atoms with Gasteiger partial charge >= 0.3 is 0 Å². The van der Waals surface area contributed by atoms with Gasteiger partial charge in [0.15, 0.2) is 5.17 Å². The van der Waals surface area contributed by atoms with E-state index in [0.29, 0.717) is 11.7 Å². The highest BCUT2D eigenvalue weighted by Crippen LogP contribution is 2.24. The molecule has 0 spiro atoms. The van der Waals surface area contributed by atoms with E-state index in [0.717, 1.165) is 11.4 Å². The van der Waals surface area contributed by atoms with Crippen LogP contribution in [0.15, 0.2) is 40.4 Å². The Hall–Kier alpha value is -2.35. The predicted octanol–water partition coefficient (Wildman–Crippen LogP) is 0.326. The maximum atomic E-state index is 12.2. The highest BCUT2D eigenvalue weighted by atomic mass is 32.2. The largest absolute Gasteiger partial charge is 0.368 e. The van der Waals surface area contributed by atoms with Crippen LogP contribution < -0.4 is 16.1 Å². The molecule has 0 saturated carbocycles. The molecule has 0 radical (unpaired) electrons. The molecule has 2 heterocycles. The number of para-hydroxylation sites is 1. The van der Waals surface area contributed by atoms with Crippen molar-refractivity contribution in [1.82, 2.24) is 5.32 Å². The van der Waals surface area contributed by atoms with E-state index >= 15 is 0 Å². The molecule has 0 saturated heterocycles. The van der Waals surface area contributed by atoms with Gasteiger partial charge in [0.05, 0.1) is 12.2 Å². The summed E-state index contributed by atoms with van der Waals surface area (Å²) in [5.41, 5.74) is 6.44. The summed E-state index contributed by atoms with van der Waals surface area (Å²) in [7, 11) is 0. The minimum absolute atomic E-state index is 0.188. The third-order valence-corrected chi connectivity index (χ3v) is 4.22. The van der Waals surface area contributed by atoms with E-state index in [1.165, 1.54) is 16.8 Å². The van der Waals surface area contributed by atoms with E-state index < -0.39 is 11.9 Å². The molecule has 114 valence electrons. The topological polar surface area (TPSA) is 100 Å². The Balaban J connectivity index is 1.80. The number of nitrogens with one attached hydrogen (secondary N) is 1. The number of carbonyl (C=O) groups is 2. The third-order valence-electron chi connectivity index (χ3n) is 3.33. The fourth-order valence-electron chi connectivity index (χ4n) is 2.27. The fourth-order valence-corrected chi connectivity index (χ4v) is 2.99. The average molecular weight is 317 g/mol. The van der Waals surface area contributed by atoms with Crippen molar-refractivity contribution in [1.29, 1.82) is 0 Å². The first-order valence-electron chi connectivity index (χ1n) is 6.85. The van der Waals surface area contributed by atoms with Crippen LogP contribution in [0.25, 0.3) is 0 Å². The van der Waals surface area contributed by atoms with Crippen LogP contribution in [-0.2, 0) is 9.59 Å². The van der Waals surface area contributed by atoms with Crippen molar-refractivity contribution < 1.29 is 9.59 Å². The molecule has 2 aliphatic heterocycles. The van der Waals surface area contributed by atoms with Gasteiger partial charge in [-0.3, -0.25) is 19.6 Å². The number of amides is 2. The number of rotatable bonds is 3. The van der Waals surface area contributed by atoms with Crippen LogP contribution in [0.5, 0.6) is 0 Å². The second kappa shape index (κ2) is 6.18. The Morgan fingerprint density at radius 3 is 2.73 bits per heavy atom. The number of nitrogens with two attached hydrogens (primary N) is 1. The minimum Gasteiger partial charge on any atom is -0.368 e. The molecule has 0 aromatic heterocycles. The van der Waals surface area contributed by atoms with Crippen molar-refractivity contribution in [2.75, 3.05) is 17.3 Å². The zero-order valence-electron chi connectivity index (χ0n) is 11.7. The van der Waals surface area contributed by atoms with Crippen molar-refractivity contribution in [3.05, 3.63) is 30.3 Å². The van der Waals surface area contributed by atoms with Gasteiger partial charge in [-0.05, 0) is 12.1 Å². The van der Waals surface area contributed by atoms with Gasteiger partial charge in [-0.25, -0.2) is 0 Å². The first-order valence-corrected chi connectivity index (χ1v) is 7.83. The lowest BCUT2D eigenvalue weighted by molar-refractivity contribution is -0.119. The Morgan fingerprint density at radius 2 is 2.09 bits per heavy atom. The standard InChI is InChI=1S/C14H15N5O2S/c15-12(20)11-8-10(13(21)17-14-16-6-7-22-14)18-19(11)9-4-2-1-3-5-9/h1-5,11H,6-8H2,(H2,15,20)(H,16,17,21)/t11-/m1/s1. The van der Waals surface area contributed by atoms with E-state index in [9.17, 15) is 9.59 Å². The van der Waals surface area contributed by atoms with Gasteiger partial charge in [0.2, 0.25) is 5.91 Å². The van der Waals surface area contributed by atoms with E-state index in [2.05, 4.69) is 15.4 Å². The van der Waals surface area contributed by atoms with Gasteiger partial charge < -0.3 is 11.1 Å². The van der Waals surface area contributed by atoms with Crippen molar-refractivity contribution in [2.24, 2.45) is 15.8 Å². The van der Waals surface area contributed by atoms with Crippen molar-refractivity contribution in [2.45, 2.75) is 12.5 Å². The number of amidine groups is 1. The highest BCUT2D eigenvalue weighted by Gasteiger charge is 2.35. The Labute approximate surface area is 131 Å². The number of hydrazone groups is 1. The Bertz CT molecular complexity index is 658. The maximum absolute atomic E-state index is 12.2. The van der Waals surface area contributed by atoms with Gasteiger partial charge in [-0.15, -0.1) is 0 Å². The molecule has 1 aromatic rings. The van der Waals surface area contributed by atoms with Crippen LogP contribution in [0.2, 0.25) is 0 Å². The normalized spacial score (nSPS) is 20.5. The molecule has 1 atom stereocenters. The smallest absolute Gasteiger partial charge is 0.273 e. The molecule has 1 aromatic carbocycles. The molecule has 2 aliphatic rings. The molecule has 0 aliphatic carbocycles. The number of nitrogens with zero attached hydrogens (tertiary/aromatic N) is 3. The summed E-state index contributed by atoms with van der Waals surface area (Å²) in [6.45, 7) is 0.701. The first-order chi connectivity index (χ1) is 10.6. The van der Waals surface area contributed by atoms with Crippen LogP contribution >= 0.6 is 11.8 Å². The number of primary amides is 1. The van der Waals surface area contributed by atoms with Gasteiger partial charge in [-0.2, -0.15) is 5.10 Å². The third kappa shape index (κ3) is 2.96. The van der Waals surface area contributed by atoms with Crippen molar-refractivity contribution in [3.63, 3.8) is 0 Å². The van der Waals surface area contributed by atoms with E-state index in [1.807, 2.05) is 30.3 Å². The number of carbonyl (C=O) groups excluding carboxylic acids is 2. The Morgan fingerprint density at radius 1 is 1.32 bits per heavy atom.